The zero-order valence-electron chi connectivity index (χ0n) is 18.7. The molecule has 3 fully saturated rings. The van der Waals surface area contributed by atoms with Crippen LogP contribution >= 0.6 is 11.8 Å². The normalized spacial score (nSPS) is 25.4. The van der Waals surface area contributed by atoms with E-state index in [4.69, 9.17) is 9.47 Å². The molecule has 166 valence electrons. The molecule has 32 heavy (non-hydrogen) atoms. The summed E-state index contributed by atoms with van der Waals surface area (Å²) in [6.45, 7) is 6.40. The van der Waals surface area contributed by atoms with Gasteiger partial charge in [0, 0.05) is 29.1 Å². The molecule has 3 aliphatic rings. The van der Waals surface area contributed by atoms with Crippen LogP contribution in [0.15, 0.2) is 72.3 Å². The second-order valence-corrected chi connectivity index (χ2v) is 9.96. The summed E-state index contributed by atoms with van der Waals surface area (Å²) in [4.78, 5) is 8.59. The second-order valence-electron chi connectivity index (χ2n) is 8.74. The minimum Gasteiger partial charge on any atom is -0.497 e. The molecule has 1 aromatic heterocycles. The van der Waals surface area contributed by atoms with Crippen molar-refractivity contribution in [2.75, 3.05) is 27.3 Å². The number of pyridine rings is 1. The molecule has 6 rings (SSSR count). The smallest absolute Gasteiger partial charge is 0.119 e. The quantitative estimate of drug-likeness (QED) is 0.329. The molecule has 5 atom stereocenters. The van der Waals surface area contributed by atoms with Crippen LogP contribution in [-0.2, 0) is 0 Å². The van der Waals surface area contributed by atoms with Gasteiger partial charge in [-0.1, -0.05) is 6.08 Å². The lowest BCUT2D eigenvalue weighted by atomic mass is 9.74. The van der Waals surface area contributed by atoms with E-state index in [9.17, 15) is 0 Å². The standard InChI is InChI=1S/C27H30N2O2S/c1-4-18-17-29-14-12-19(18)15-26(29)27(32-22-8-5-20(30-2)6-9-22)23-11-13-28-25-10-7-21(31-3)16-24(23)25/h4-11,13,16,18-19,26-27H,1,12,14-15,17H2,2-3H3/t18-,19-,26+,27+/m0/s1. The van der Waals surface area contributed by atoms with Crippen LogP contribution in [0.2, 0.25) is 0 Å². The van der Waals surface area contributed by atoms with Gasteiger partial charge in [0.05, 0.1) is 25.0 Å². The number of benzene rings is 2. The Hall–Kier alpha value is -2.50. The van der Waals surface area contributed by atoms with Crippen LogP contribution in [0.4, 0.5) is 0 Å². The molecule has 0 amide bonds. The monoisotopic (exact) mass is 446 g/mol. The van der Waals surface area contributed by atoms with E-state index in [1.165, 1.54) is 35.2 Å². The average molecular weight is 447 g/mol. The first-order valence-corrected chi connectivity index (χ1v) is 12.2. The highest BCUT2D eigenvalue weighted by atomic mass is 32.2. The van der Waals surface area contributed by atoms with Crippen LogP contribution in [-0.4, -0.2) is 43.2 Å². The van der Waals surface area contributed by atoms with Gasteiger partial charge in [-0.3, -0.25) is 9.88 Å². The van der Waals surface area contributed by atoms with Crippen molar-refractivity contribution in [1.82, 2.24) is 9.88 Å². The van der Waals surface area contributed by atoms with E-state index in [0.717, 1.165) is 29.5 Å². The second kappa shape index (κ2) is 9.16. The summed E-state index contributed by atoms with van der Waals surface area (Å²) in [6, 6.07) is 17.3. The summed E-state index contributed by atoms with van der Waals surface area (Å²) < 4.78 is 10.9. The number of rotatable bonds is 7. The minimum atomic E-state index is 0.301. The van der Waals surface area contributed by atoms with Crippen LogP contribution in [0.5, 0.6) is 11.5 Å². The molecule has 0 saturated carbocycles. The molecule has 2 bridgehead atoms. The van der Waals surface area contributed by atoms with E-state index in [-0.39, 0.29) is 0 Å². The zero-order valence-corrected chi connectivity index (χ0v) is 19.6. The van der Waals surface area contributed by atoms with E-state index in [2.05, 4.69) is 52.9 Å². The Kier molecular flexibility index (Phi) is 6.11. The number of aromatic nitrogens is 1. The van der Waals surface area contributed by atoms with Gasteiger partial charge in [-0.25, -0.2) is 0 Å². The Morgan fingerprint density at radius 2 is 1.88 bits per heavy atom. The Labute approximate surface area is 194 Å². The molecule has 5 heteroatoms. The van der Waals surface area contributed by atoms with Gasteiger partial charge in [-0.05, 0) is 85.3 Å². The van der Waals surface area contributed by atoms with Gasteiger partial charge < -0.3 is 9.47 Å². The molecular weight excluding hydrogens is 416 g/mol. The number of nitrogens with zero attached hydrogens (tertiary/aromatic N) is 2. The van der Waals surface area contributed by atoms with Crippen LogP contribution in [0.3, 0.4) is 0 Å². The van der Waals surface area contributed by atoms with E-state index in [0.29, 0.717) is 17.2 Å². The van der Waals surface area contributed by atoms with Crippen LogP contribution in [0.1, 0.15) is 23.7 Å². The molecule has 4 heterocycles. The lowest BCUT2D eigenvalue weighted by Crippen LogP contribution is -2.54. The van der Waals surface area contributed by atoms with Crippen molar-refractivity contribution in [1.29, 1.82) is 0 Å². The predicted molar refractivity (Wildman–Crippen MR) is 132 cm³/mol. The third-order valence-corrected chi connectivity index (χ3v) is 8.48. The number of ether oxygens (including phenoxy) is 2. The number of hydrogen-bond donors (Lipinski definition) is 0. The van der Waals surface area contributed by atoms with Gasteiger partial charge in [0.2, 0.25) is 0 Å². The first-order chi connectivity index (χ1) is 15.7. The molecule has 3 saturated heterocycles. The first kappa shape index (κ1) is 21.4. The van der Waals surface area contributed by atoms with Crippen molar-refractivity contribution >= 4 is 22.7 Å². The molecule has 0 radical (unpaired) electrons. The molecule has 0 spiro atoms. The van der Waals surface area contributed by atoms with Crippen molar-refractivity contribution in [3.63, 3.8) is 0 Å². The Bertz CT molecular complexity index is 1100. The number of piperidine rings is 3. The molecule has 0 N–H and O–H groups in total. The summed E-state index contributed by atoms with van der Waals surface area (Å²) in [7, 11) is 3.44. The maximum atomic E-state index is 5.55. The van der Waals surface area contributed by atoms with Crippen molar-refractivity contribution in [2.24, 2.45) is 11.8 Å². The van der Waals surface area contributed by atoms with Crippen molar-refractivity contribution in [3.05, 3.63) is 72.9 Å². The topological polar surface area (TPSA) is 34.6 Å². The van der Waals surface area contributed by atoms with E-state index < -0.39 is 0 Å². The maximum Gasteiger partial charge on any atom is 0.119 e. The fourth-order valence-electron chi connectivity index (χ4n) is 5.36. The average Bonchev–Trinajstić information content (AvgIpc) is 2.87. The lowest BCUT2D eigenvalue weighted by molar-refractivity contribution is 0.0183. The summed E-state index contributed by atoms with van der Waals surface area (Å²) in [5.41, 5.74) is 2.35. The highest BCUT2D eigenvalue weighted by Gasteiger charge is 2.43. The van der Waals surface area contributed by atoms with Crippen LogP contribution < -0.4 is 9.47 Å². The fourth-order valence-corrected chi connectivity index (χ4v) is 6.72. The van der Waals surface area contributed by atoms with Gasteiger partial charge in [-0.15, -0.1) is 18.3 Å². The fraction of sp³-hybridized carbons (Fsp3) is 0.370. The van der Waals surface area contributed by atoms with E-state index >= 15 is 0 Å². The molecule has 0 aliphatic carbocycles. The van der Waals surface area contributed by atoms with Gasteiger partial charge in [0.1, 0.15) is 11.5 Å². The predicted octanol–water partition coefficient (Wildman–Crippen LogP) is 5.98. The summed E-state index contributed by atoms with van der Waals surface area (Å²) >= 11 is 1.95. The maximum absolute atomic E-state index is 5.55. The van der Waals surface area contributed by atoms with Gasteiger partial charge in [0.25, 0.3) is 0 Å². The van der Waals surface area contributed by atoms with Crippen LogP contribution in [0, 0.1) is 11.8 Å². The molecular formula is C27H30N2O2S. The van der Waals surface area contributed by atoms with E-state index in [1.807, 2.05) is 36.2 Å². The lowest BCUT2D eigenvalue weighted by Gasteiger charge is -2.51. The first-order valence-electron chi connectivity index (χ1n) is 11.3. The number of thioether (sulfide) groups is 1. The Morgan fingerprint density at radius 3 is 2.56 bits per heavy atom. The number of methoxy groups -OCH3 is 2. The Balaban J connectivity index is 1.57. The summed E-state index contributed by atoms with van der Waals surface area (Å²) in [5.74, 6) is 3.10. The van der Waals surface area contributed by atoms with Gasteiger partial charge in [-0.2, -0.15) is 0 Å². The molecule has 4 nitrogen and oxygen atoms in total. The van der Waals surface area contributed by atoms with Gasteiger partial charge >= 0.3 is 0 Å². The molecule has 1 unspecified atom stereocenters. The van der Waals surface area contributed by atoms with Crippen molar-refractivity contribution in [2.45, 2.75) is 29.0 Å². The number of hydrogen-bond acceptors (Lipinski definition) is 5. The van der Waals surface area contributed by atoms with Crippen molar-refractivity contribution in [3.8, 4) is 11.5 Å². The highest BCUT2D eigenvalue weighted by molar-refractivity contribution is 7.99. The third kappa shape index (κ3) is 4.00. The van der Waals surface area contributed by atoms with Gasteiger partial charge in [0.15, 0.2) is 0 Å². The molecule has 3 aromatic rings. The number of fused-ring (bicyclic) bond motifs is 4. The largest absolute Gasteiger partial charge is 0.497 e. The molecule has 2 aromatic carbocycles. The SMILES string of the molecule is C=C[C@H]1CN2CC[C@H]1C[C@@H]2[C@H](Sc1ccc(OC)cc1)c1ccnc2ccc(OC)cc12. The summed E-state index contributed by atoms with van der Waals surface area (Å²) in [6.07, 6.45) is 6.61. The Morgan fingerprint density at radius 1 is 1.09 bits per heavy atom. The molecule has 3 aliphatic heterocycles. The third-order valence-electron chi connectivity index (χ3n) is 7.11. The highest BCUT2D eigenvalue weighted by Crippen LogP contribution is 2.49. The van der Waals surface area contributed by atoms with Crippen LogP contribution in [0.25, 0.3) is 10.9 Å². The minimum absolute atomic E-state index is 0.301. The zero-order chi connectivity index (χ0) is 22.1. The summed E-state index contributed by atoms with van der Waals surface area (Å²) in [5, 5.41) is 1.48. The van der Waals surface area contributed by atoms with E-state index in [1.54, 1.807) is 14.2 Å². The van der Waals surface area contributed by atoms with Crippen molar-refractivity contribution < 1.29 is 9.47 Å².